The molecule has 1 N–H and O–H groups in total. The van der Waals surface area contributed by atoms with Gasteiger partial charge in [-0.05, 0) is 44.9 Å². The van der Waals surface area contributed by atoms with Crippen molar-refractivity contribution in [3.05, 3.63) is 76.6 Å². The Morgan fingerprint density at radius 2 is 1.82 bits per heavy atom. The van der Waals surface area contributed by atoms with E-state index in [1.54, 1.807) is 50.6 Å². The van der Waals surface area contributed by atoms with Crippen LogP contribution in [0.4, 0.5) is 14.5 Å². The molecule has 0 fully saturated rings. The normalized spacial score (nSPS) is 12.7. The zero-order valence-electron chi connectivity index (χ0n) is 19.2. The number of hydrogen-bond acceptors (Lipinski definition) is 5. The first-order chi connectivity index (χ1) is 16.1. The van der Waals surface area contributed by atoms with Gasteiger partial charge >= 0.3 is 0 Å². The van der Waals surface area contributed by atoms with Gasteiger partial charge in [-0.1, -0.05) is 36.7 Å². The summed E-state index contributed by atoms with van der Waals surface area (Å²) in [6, 6.07) is 10.7. The maximum atomic E-state index is 15.1. The van der Waals surface area contributed by atoms with E-state index in [0.717, 1.165) is 0 Å². The first-order valence-corrected chi connectivity index (χ1v) is 13.8. The Morgan fingerprint density at radius 3 is 2.44 bits per heavy atom. The Labute approximate surface area is 202 Å². The van der Waals surface area contributed by atoms with Gasteiger partial charge < -0.3 is 9.88 Å². The highest BCUT2D eigenvalue weighted by atomic mass is 35.5. The molecule has 0 aliphatic carbocycles. The number of nitrogens with zero attached hydrogens (tertiary/aromatic N) is 3. The molecular weight excluding hydrogens is 477 g/mol. The van der Waals surface area contributed by atoms with Crippen molar-refractivity contribution in [1.82, 2.24) is 15.0 Å². The van der Waals surface area contributed by atoms with Gasteiger partial charge in [0, 0.05) is 23.4 Å². The van der Waals surface area contributed by atoms with Gasteiger partial charge in [-0.2, -0.15) is 0 Å². The number of benzene rings is 1. The molecule has 0 saturated carbocycles. The summed E-state index contributed by atoms with van der Waals surface area (Å²) < 4.78 is 41.8. The number of aromatic nitrogens is 3. The van der Waals surface area contributed by atoms with Gasteiger partial charge in [-0.15, -0.1) is 0 Å². The monoisotopic (exact) mass is 500 g/mol. The molecule has 3 heterocycles. The number of rotatable bonds is 6. The molecule has 0 amide bonds. The van der Waals surface area contributed by atoms with Crippen LogP contribution in [0.1, 0.15) is 30.6 Å². The lowest BCUT2D eigenvalue weighted by Gasteiger charge is -2.22. The summed E-state index contributed by atoms with van der Waals surface area (Å²) in [5.74, 6) is -0.900. The summed E-state index contributed by atoms with van der Waals surface area (Å²) in [7, 11) is -2.55. The number of fused-ring (bicyclic) bond motifs is 1. The van der Waals surface area contributed by atoms with E-state index >= 15 is 4.39 Å². The van der Waals surface area contributed by atoms with Gasteiger partial charge in [-0.3, -0.25) is 4.98 Å². The van der Waals surface area contributed by atoms with E-state index in [0.29, 0.717) is 50.4 Å². The summed E-state index contributed by atoms with van der Waals surface area (Å²) in [4.78, 5) is 13.2. The summed E-state index contributed by atoms with van der Waals surface area (Å²) in [6.45, 7) is 6.90. The third kappa shape index (κ3) is 4.68. The van der Waals surface area contributed by atoms with Crippen LogP contribution in [0.2, 0.25) is 5.02 Å². The van der Waals surface area contributed by atoms with Crippen LogP contribution in [0.15, 0.2) is 48.7 Å². The van der Waals surface area contributed by atoms with E-state index < -0.39 is 13.0 Å². The van der Waals surface area contributed by atoms with E-state index in [4.69, 9.17) is 11.6 Å². The number of hydrogen-bond donors (Lipinski definition) is 1. The molecule has 4 rings (SSSR count). The Kier molecular flexibility index (Phi) is 6.70. The predicted octanol–water partition coefficient (Wildman–Crippen LogP) is 6.74. The Balaban J connectivity index is 1.86. The molecular formula is C25H24ClF2N4OP. The van der Waals surface area contributed by atoms with Crippen LogP contribution in [0.25, 0.3) is 22.3 Å². The molecule has 176 valence electrons. The van der Waals surface area contributed by atoms with Crippen molar-refractivity contribution in [3.63, 3.8) is 0 Å². The van der Waals surface area contributed by atoms with Gasteiger partial charge in [0.1, 0.15) is 24.2 Å². The fraction of sp³-hybridized carbons (Fsp3) is 0.240. The molecule has 0 radical (unpaired) electrons. The number of pyridine rings is 3. The molecule has 0 aliphatic heterocycles. The van der Waals surface area contributed by atoms with Crippen molar-refractivity contribution in [2.45, 2.75) is 26.3 Å². The first kappa shape index (κ1) is 24.2. The Morgan fingerprint density at radius 1 is 1.09 bits per heavy atom. The average Bonchev–Trinajstić information content (AvgIpc) is 2.80. The fourth-order valence-corrected chi connectivity index (χ4v) is 4.73. The Bertz CT molecular complexity index is 1420. The molecule has 0 bridgehead atoms. The largest absolute Gasteiger partial charge is 0.375 e. The first-order valence-electron chi connectivity index (χ1n) is 10.8. The van der Waals surface area contributed by atoms with Gasteiger partial charge in [-0.25, -0.2) is 18.7 Å². The van der Waals surface area contributed by atoms with E-state index in [1.165, 1.54) is 18.3 Å². The third-order valence-corrected chi connectivity index (χ3v) is 7.43. The van der Waals surface area contributed by atoms with Crippen LogP contribution >= 0.6 is 18.7 Å². The maximum Gasteiger partial charge on any atom is 0.151 e. The lowest BCUT2D eigenvalue weighted by atomic mass is 10.0. The number of anilines is 1. The molecule has 34 heavy (non-hydrogen) atoms. The van der Waals surface area contributed by atoms with Crippen molar-refractivity contribution in [2.24, 2.45) is 0 Å². The molecule has 0 unspecified atom stereocenters. The second-order valence-corrected chi connectivity index (χ2v) is 12.0. The average molecular weight is 501 g/mol. The summed E-state index contributed by atoms with van der Waals surface area (Å²) in [6.07, 6.45) is 2.03. The van der Waals surface area contributed by atoms with E-state index in [9.17, 15) is 8.96 Å². The molecule has 0 spiro atoms. The predicted molar refractivity (Wildman–Crippen MR) is 135 cm³/mol. The van der Waals surface area contributed by atoms with Crippen molar-refractivity contribution in [2.75, 3.05) is 18.6 Å². The minimum absolute atomic E-state index is 0.0669. The molecule has 4 aromatic rings. The molecule has 0 aliphatic rings. The van der Waals surface area contributed by atoms with Gasteiger partial charge in [0.2, 0.25) is 0 Å². The number of halogens is 3. The van der Waals surface area contributed by atoms with E-state index in [2.05, 4.69) is 20.3 Å². The quantitative estimate of drug-likeness (QED) is 0.297. The highest BCUT2D eigenvalue weighted by Crippen LogP contribution is 2.38. The van der Waals surface area contributed by atoms with Crippen LogP contribution in [-0.2, 0) is 4.57 Å². The molecule has 9 heteroatoms. The second kappa shape index (κ2) is 9.40. The lowest BCUT2D eigenvalue weighted by molar-refractivity contribution is 0.587. The van der Waals surface area contributed by atoms with Crippen LogP contribution in [0.5, 0.6) is 0 Å². The van der Waals surface area contributed by atoms with Crippen LogP contribution in [0.3, 0.4) is 0 Å². The fourth-order valence-electron chi connectivity index (χ4n) is 3.77. The van der Waals surface area contributed by atoms with Crippen LogP contribution in [0, 0.1) is 18.6 Å². The molecule has 5 nitrogen and oxygen atoms in total. The molecule has 3 aromatic heterocycles. The summed E-state index contributed by atoms with van der Waals surface area (Å²) in [5, 5.41) is 3.65. The zero-order chi connectivity index (χ0) is 24.6. The van der Waals surface area contributed by atoms with Gasteiger partial charge in [0.05, 0.1) is 33.4 Å². The number of aryl methyl sites for hydroxylation is 1. The summed E-state index contributed by atoms with van der Waals surface area (Å²) >= 11 is 6.61. The standard InChI is InChI=1S/C25H24ClF2N4OP/c1-5-19(16-8-6-7-9-17(16)27)31-25-22(26)14(2)30-20-12-18(28)23(32-24(20)25)15-10-11-21(29-13-15)34(3,4)33/h6-13,19H,5H2,1-4H3,(H,30,31)/t19-/m1/s1. The highest BCUT2D eigenvalue weighted by Gasteiger charge is 2.21. The lowest BCUT2D eigenvalue weighted by Crippen LogP contribution is -2.13. The minimum Gasteiger partial charge on any atom is -0.375 e. The molecule has 0 saturated heterocycles. The van der Waals surface area contributed by atoms with Crippen molar-refractivity contribution >= 4 is 40.9 Å². The highest BCUT2D eigenvalue weighted by molar-refractivity contribution is 7.69. The maximum absolute atomic E-state index is 15.1. The topological polar surface area (TPSA) is 67.8 Å². The van der Waals surface area contributed by atoms with Gasteiger partial charge in [0.25, 0.3) is 0 Å². The molecule has 1 atom stereocenters. The zero-order valence-corrected chi connectivity index (χ0v) is 20.9. The van der Waals surface area contributed by atoms with E-state index in [1.807, 2.05) is 6.92 Å². The van der Waals surface area contributed by atoms with Gasteiger partial charge in [0.15, 0.2) is 5.82 Å². The minimum atomic E-state index is -2.55. The van der Waals surface area contributed by atoms with Crippen LogP contribution < -0.4 is 10.8 Å². The Hall–Kier alpha value is -2.89. The second-order valence-electron chi connectivity index (χ2n) is 8.46. The molecule has 1 aromatic carbocycles. The van der Waals surface area contributed by atoms with Crippen molar-refractivity contribution in [1.29, 1.82) is 0 Å². The third-order valence-electron chi connectivity index (χ3n) is 5.60. The van der Waals surface area contributed by atoms with Crippen molar-refractivity contribution < 1.29 is 13.3 Å². The van der Waals surface area contributed by atoms with E-state index in [-0.39, 0.29) is 17.6 Å². The number of nitrogens with one attached hydrogen (secondary N) is 1. The summed E-state index contributed by atoms with van der Waals surface area (Å²) in [5.41, 5.74) is 3.09. The smallest absolute Gasteiger partial charge is 0.151 e. The van der Waals surface area contributed by atoms with Crippen molar-refractivity contribution in [3.8, 4) is 11.3 Å². The SMILES string of the molecule is CC[C@@H](Nc1c(Cl)c(C)nc2cc(F)c(-c3ccc(P(C)(C)=O)nc3)nc12)c1ccccc1F. The van der Waals surface area contributed by atoms with Crippen LogP contribution in [-0.4, -0.2) is 28.3 Å².